The molecule has 216 valence electrons. The molecule has 1 aromatic carbocycles. The molecule has 6 nitrogen and oxygen atoms in total. The average Bonchev–Trinajstić information content (AvgIpc) is 3.16. The van der Waals surface area contributed by atoms with Crippen molar-refractivity contribution in [2.75, 3.05) is 37.0 Å². The Hall–Kier alpha value is -3.74. The first kappa shape index (κ1) is 31.8. The summed E-state index contributed by atoms with van der Waals surface area (Å²) in [5.74, 6) is 0. The van der Waals surface area contributed by atoms with Gasteiger partial charge in [0.25, 0.3) is 0 Å². The number of benzene rings is 1. The van der Waals surface area contributed by atoms with Gasteiger partial charge in [-0.15, -0.1) is 0 Å². The minimum atomic E-state index is 0.330. The van der Waals surface area contributed by atoms with Gasteiger partial charge in [-0.3, -0.25) is 9.98 Å². The highest BCUT2D eigenvalue weighted by Gasteiger charge is 2.23. The van der Waals surface area contributed by atoms with E-state index < -0.39 is 0 Å². The normalized spacial score (nSPS) is 17.7. The smallest absolute Gasteiger partial charge is 0.0874 e. The summed E-state index contributed by atoms with van der Waals surface area (Å²) >= 11 is 5.98. The third-order valence-corrected chi connectivity index (χ3v) is 6.77. The number of aliphatic imine (C=N–C) groups is 2. The van der Waals surface area contributed by atoms with Crippen LogP contribution in [-0.2, 0) is 4.74 Å². The molecule has 3 aliphatic rings. The Bertz CT molecular complexity index is 1360. The highest BCUT2D eigenvalue weighted by Crippen LogP contribution is 2.36. The molecule has 0 spiro atoms. The van der Waals surface area contributed by atoms with Crippen LogP contribution in [0.2, 0.25) is 0 Å². The third-order valence-electron chi connectivity index (χ3n) is 6.65. The molecule has 1 saturated heterocycles. The van der Waals surface area contributed by atoms with Crippen LogP contribution < -0.4 is 10.2 Å². The predicted molar refractivity (Wildman–Crippen MR) is 177 cm³/mol. The fourth-order valence-electron chi connectivity index (χ4n) is 4.58. The van der Waals surface area contributed by atoms with E-state index >= 15 is 0 Å². The lowest BCUT2D eigenvalue weighted by molar-refractivity contribution is 0.0871. The van der Waals surface area contributed by atoms with Gasteiger partial charge in [0.2, 0.25) is 0 Å². The summed E-state index contributed by atoms with van der Waals surface area (Å²) in [5.41, 5.74) is 8.33. The van der Waals surface area contributed by atoms with E-state index in [9.17, 15) is 0 Å². The van der Waals surface area contributed by atoms with Crippen LogP contribution in [0, 0.1) is 6.92 Å². The van der Waals surface area contributed by atoms with Crippen LogP contribution in [0.3, 0.4) is 0 Å². The Morgan fingerprint density at radius 2 is 1.88 bits per heavy atom. The summed E-state index contributed by atoms with van der Waals surface area (Å²) < 4.78 is 5.46. The monoisotopic (exact) mass is 571 g/mol. The number of para-hydroxylation sites is 2. The predicted octanol–water partition coefficient (Wildman–Crippen LogP) is 8.37. The van der Waals surface area contributed by atoms with Gasteiger partial charge in [0.05, 0.1) is 46.8 Å². The lowest BCUT2D eigenvalue weighted by Crippen LogP contribution is -2.27. The SMILES string of the molecule is C=C(Cl)/C=C\C(=C/C)N1CC2=CC(=NC3CCOCC3)C=CC2=Nc2ccccc21.CC.CNc1cccnc1C. The first-order chi connectivity index (χ1) is 20.0. The van der Waals surface area contributed by atoms with Gasteiger partial charge >= 0.3 is 0 Å². The number of halogens is 1. The van der Waals surface area contributed by atoms with Gasteiger partial charge in [-0.25, -0.2) is 4.99 Å². The van der Waals surface area contributed by atoms with E-state index in [0.29, 0.717) is 17.6 Å². The van der Waals surface area contributed by atoms with Gasteiger partial charge < -0.3 is 15.0 Å². The van der Waals surface area contributed by atoms with Crippen molar-refractivity contribution in [1.29, 1.82) is 0 Å². The first-order valence-electron chi connectivity index (χ1n) is 14.3. The zero-order chi connectivity index (χ0) is 29.6. The summed E-state index contributed by atoms with van der Waals surface area (Å²) in [4.78, 5) is 16.3. The van der Waals surface area contributed by atoms with Crippen LogP contribution >= 0.6 is 11.6 Å². The van der Waals surface area contributed by atoms with E-state index in [4.69, 9.17) is 26.3 Å². The van der Waals surface area contributed by atoms with E-state index in [-0.39, 0.29) is 0 Å². The fraction of sp³-hybridized carbons (Fsp3) is 0.324. The second-order valence-corrected chi connectivity index (χ2v) is 9.84. The van der Waals surface area contributed by atoms with Crippen molar-refractivity contribution in [3.8, 4) is 0 Å². The fourth-order valence-corrected chi connectivity index (χ4v) is 4.64. The number of allylic oxidation sites excluding steroid dienone is 7. The van der Waals surface area contributed by atoms with Crippen LogP contribution in [0.4, 0.5) is 17.1 Å². The number of hydrogen-bond acceptors (Lipinski definition) is 6. The molecule has 41 heavy (non-hydrogen) atoms. The molecular weight excluding hydrogens is 530 g/mol. The molecule has 7 heteroatoms. The van der Waals surface area contributed by atoms with Crippen molar-refractivity contribution in [3.05, 3.63) is 108 Å². The summed E-state index contributed by atoms with van der Waals surface area (Å²) in [6.07, 6.45) is 16.0. The zero-order valence-electron chi connectivity index (χ0n) is 24.9. The first-order valence-corrected chi connectivity index (χ1v) is 14.6. The van der Waals surface area contributed by atoms with Gasteiger partial charge in [0.1, 0.15) is 0 Å². The molecule has 0 amide bonds. The molecule has 0 atom stereocenters. The van der Waals surface area contributed by atoms with Gasteiger partial charge in [0.15, 0.2) is 0 Å². The Kier molecular flexibility index (Phi) is 12.8. The number of pyridine rings is 1. The Morgan fingerprint density at radius 1 is 1.12 bits per heavy atom. The van der Waals surface area contributed by atoms with E-state index in [0.717, 1.165) is 71.5 Å². The summed E-state index contributed by atoms with van der Waals surface area (Å²) in [7, 11) is 1.89. The number of hydrogen-bond donors (Lipinski definition) is 1. The molecule has 3 heterocycles. The van der Waals surface area contributed by atoms with Crippen LogP contribution in [-0.4, -0.2) is 49.3 Å². The van der Waals surface area contributed by atoms with Crippen LogP contribution in [0.1, 0.15) is 39.3 Å². The Balaban J connectivity index is 0.000000355. The molecule has 1 aromatic heterocycles. The van der Waals surface area contributed by atoms with Crippen LogP contribution in [0.5, 0.6) is 0 Å². The summed E-state index contributed by atoms with van der Waals surface area (Å²) in [6.45, 7) is 14.1. The Morgan fingerprint density at radius 3 is 2.54 bits per heavy atom. The molecule has 2 aromatic rings. The van der Waals surface area contributed by atoms with Crippen molar-refractivity contribution in [2.45, 2.75) is 46.6 Å². The quantitative estimate of drug-likeness (QED) is 0.289. The number of aromatic nitrogens is 1. The maximum atomic E-state index is 5.98. The highest BCUT2D eigenvalue weighted by molar-refractivity contribution is 6.30. The second-order valence-electron chi connectivity index (χ2n) is 9.35. The minimum Gasteiger partial charge on any atom is -0.387 e. The molecule has 1 N–H and O–H groups in total. The number of nitrogens with one attached hydrogen (secondary N) is 1. The number of aryl methyl sites for hydroxylation is 1. The summed E-state index contributed by atoms with van der Waals surface area (Å²) in [5, 5.41) is 3.53. The second kappa shape index (κ2) is 16.5. The number of anilines is 2. The van der Waals surface area contributed by atoms with Crippen molar-refractivity contribution in [1.82, 2.24) is 4.98 Å². The van der Waals surface area contributed by atoms with Gasteiger partial charge in [-0.05, 0) is 86.9 Å². The highest BCUT2D eigenvalue weighted by atomic mass is 35.5. The van der Waals surface area contributed by atoms with Gasteiger partial charge in [-0.2, -0.15) is 0 Å². The summed E-state index contributed by atoms with van der Waals surface area (Å²) in [6, 6.07) is 12.5. The lowest BCUT2D eigenvalue weighted by Gasteiger charge is -2.27. The van der Waals surface area contributed by atoms with Crippen LogP contribution in [0.15, 0.2) is 112 Å². The van der Waals surface area contributed by atoms with Gasteiger partial charge in [-0.1, -0.05) is 50.2 Å². The largest absolute Gasteiger partial charge is 0.387 e. The molecule has 0 unspecified atom stereocenters. The van der Waals surface area contributed by atoms with E-state index in [1.165, 1.54) is 0 Å². The topological polar surface area (TPSA) is 62.1 Å². The third kappa shape index (κ3) is 9.13. The number of ether oxygens (including phenoxy) is 1. The molecule has 0 saturated carbocycles. The number of rotatable bonds is 5. The average molecular weight is 572 g/mol. The van der Waals surface area contributed by atoms with E-state index in [1.54, 1.807) is 6.20 Å². The van der Waals surface area contributed by atoms with Gasteiger partial charge in [0, 0.05) is 37.2 Å². The van der Waals surface area contributed by atoms with E-state index in [1.807, 2.05) is 71.2 Å². The molecule has 0 radical (unpaired) electrons. The van der Waals surface area contributed by atoms with Crippen LogP contribution in [0.25, 0.3) is 0 Å². The number of fused-ring (bicyclic) bond motifs is 2. The minimum absolute atomic E-state index is 0.330. The van der Waals surface area contributed by atoms with Crippen molar-refractivity contribution < 1.29 is 4.74 Å². The molecule has 0 bridgehead atoms. The molecule has 1 fully saturated rings. The van der Waals surface area contributed by atoms with E-state index in [2.05, 4.69) is 58.2 Å². The standard InChI is InChI=1S/C25H26ClN3O.C7H10N2.C2H6/c1-3-22(10-8-18(2)26)29-17-19-16-21(27-20-12-14-30-15-13-20)9-11-23(19)28-24-6-4-5-7-25(24)29;1-6-7(8-2)4-3-5-9-6;1-2/h3-11,16,20H,2,12-15,17H2,1H3;3-5,8H,1-2H3;1-2H3/b10-8-,22-3+,27-21?;;. The maximum Gasteiger partial charge on any atom is 0.0874 e. The maximum absolute atomic E-state index is 5.98. The number of nitrogens with zero attached hydrogens (tertiary/aromatic N) is 4. The Labute approximate surface area is 250 Å². The molecule has 1 aliphatic carbocycles. The molecular formula is C34H42ClN5O. The zero-order valence-corrected chi connectivity index (χ0v) is 25.7. The molecule has 5 rings (SSSR count). The van der Waals surface area contributed by atoms with Crippen molar-refractivity contribution in [2.24, 2.45) is 9.98 Å². The lowest BCUT2D eigenvalue weighted by atomic mass is 10.0. The van der Waals surface area contributed by atoms with Crippen molar-refractivity contribution >= 4 is 40.1 Å². The van der Waals surface area contributed by atoms with Crippen molar-refractivity contribution in [3.63, 3.8) is 0 Å². The molecule has 2 aliphatic heterocycles.